The van der Waals surface area contributed by atoms with E-state index in [1.54, 1.807) is 10.7 Å². The number of nitrogens with two attached hydrogens (primary N) is 1. The van der Waals surface area contributed by atoms with Gasteiger partial charge in [0.05, 0.1) is 12.0 Å². The van der Waals surface area contributed by atoms with E-state index in [-0.39, 0.29) is 12.4 Å². The smallest absolute Gasteiger partial charge is 0.301 e. The van der Waals surface area contributed by atoms with E-state index in [4.69, 9.17) is 15.0 Å². The summed E-state index contributed by atoms with van der Waals surface area (Å²) in [6.07, 6.45) is 1.42. The molecular formula is C12H16N4O3. The molecule has 0 aliphatic carbocycles. The quantitative estimate of drug-likeness (QED) is 0.484. The van der Waals surface area contributed by atoms with E-state index >= 15 is 0 Å². The zero-order valence-corrected chi connectivity index (χ0v) is 11.1. The van der Waals surface area contributed by atoms with Crippen molar-refractivity contribution in [2.45, 2.75) is 20.5 Å². The fourth-order valence-electron chi connectivity index (χ4n) is 1.83. The third-order valence-corrected chi connectivity index (χ3v) is 2.90. The van der Waals surface area contributed by atoms with E-state index in [9.17, 15) is 4.79 Å². The Hall–Kier alpha value is -2.28. The highest BCUT2D eigenvalue weighted by Gasteiger charge is 2.16. The van der Waals surface area contributed by atoms with Gasteiger partial charge in [-0.05, 0) is 19.9 Å². The van der Waals surface area contributed by atoms with Gasteiger partial charge in [0.15, 0.2) is 11.5 Å². The molecule has 0 saturated carbocycles. The fraction of sp³-hybridized carbons (Fsp3) is 0.333. The van der Waals surface area contributed by atoms with Crippen LogP contribution < -0.4 is 16.0 Å². The molecule has 0 unspecified atom stereocenters. The van der Waals surface area contributed by atoms with Gasteiger partial charge in [-0.3, -0.25) is 14.9 Å². The number of ether oxygens (including phenoxy) is 1. The van der Waals surface area contributed by atoms with Gasteiger partial charge in [-0.1, -0.05) is 0 Å². The second-order valence-corrected chi connectivity index (χ2v) is 4.16. The molecule has 2 heterocycles. The lowest BCUT2D eigenvalue weighted by Gasteiger charge is -2.06. The van der Waals surface area contributed by atoms with Crippen LogP contribution in [-0.4, -0.2) is 15.7 Å². The van der Waals surface area contributed by atoms with Crippen LogP contribution in [0.25, 0.3) is 0 Å². The molecule has 0 aliphatic heterocycles. The number of hydrazine groups is 1. The van der Waals surface area contributed by atoms with Crippen molar-refractivity contribution in [1.29, 1.82) is 0 Å². The first-order chi connectivity index (χ1) is 9.04. The van der Waals surface area contributed by atoms with E-state index in [1.807, 2.05) is 26.3 Å². The molecule has 0 atom stereocenters. The first-order valence-electron chi connectivity index (χ1n) is 5.75. The van der Waals surface area contributed by atoms with Crippen molar-refractivity contribution >= 4 is 5.91 Å². The average Bonchev–Trinajstić information content (AvgIpc) is 2.94. The van der Waals surface area contributed by atoms with Crippen molar-refractivity contribution in [2.24, 2.45) is 12.9 Å². The lowest BCUT2D eigenvalue weighted by molar-refractivity contribution is 0.0922. The van der Waals surface area contributed by atoms with Crippen molar-refractivity contribution in [3.63, 3.8) is 0 Å². The van der Waals surface area contributed by atoms with Crippen LogP contribution in [0.5, 0.6) is 5.75 Å². The second kappa shape index (κ2) is 5.15. The average molecular weight is 264 g/mol. The van der Waals surface area contributed by atoms with Gasteiger partial charge in [-0.2, -0.15) is 5.10 Å². The zero-order valence-electron chi connectivity index (χ0n) is 11.1. The predicted molar refractivity (Wildman–Crippen MR) is 67.4 cm³/mol. The Morgan fingerprint density at radius 1 is 1.58 bits per heavy atom. The van der Waals surface area contributed by atoms with Gasteiger partial charge in [-0.15, -0.1) is 0 Å². The Labute approximate surface area is 110 Å². The molecule has 0 fully saturated rings. The zero-order chi connectivity index (χ0) is 14.0. The van der Waals surface area contributed by atoms with Crippen LogP contribution in [0.4, 0.5) is 0 Å². The van der Waals surface area contributed by atoms with Crippen LogP contribution in [0.2, 0.25) is 0 Å². The Morgan fingerprint density at radius 2 is 2.32 bits per heavy atom. The monoisotopic (exact) mass is 264 g/mol. The van der Waals surface area contributed by atoms with Crippen LogP contribution in [0.3, 0.4) is 0 Å². The molecule has 2 aromatic rings. The number of aryl methyl sites for hydroxylation is 2. The molecular weight excluding hydrogens is 248 g/mol. The molecule has 7 nitrogen and oxygen atoms in total. The summed E-state index contributed by atoms with van der Waals surface area (Å²) >= 11 is 0. The molecule has 0 radical (unpaired) electrons. The summed E-state index contributed by atoms with van der Waals surface area (Å²) in [7, 11) is 1.85. The number of furan rings is 1. The Bertz CT molecular complexity index is 600. The van der Waals surface area contributed by atoms with Crippen LogP contribution in [-0.2, 0) is 13.7 Å². The molecule has 7 heteroatoms. The first-order valence-corrected chi connectivity index (χ1v) is 5.75. The number of carbonyl (C=O) groups is 1. The summed E-state index contributed by atoms with van der Waals surface area (Å²) in [6.45, 7) is 4.00. The van der Waals surface area contributed by atoms with Gasteiger partial charge in [0, 0.05) is 12.6 Å². The molecule has 0 bridgehead atoms. The topological polar surface area (TPSA) is 95.3 Å². The van der Waals surface area contributed by atoms with E-state index in [2.05, 4.69) is 5.10 Å². The number of carbonyl (C=O) groups excluding carboxylic acids is 1. The predicted octanol–water partition coefficient (Wildman–Crippen LogP) is 0.812. The summed E-state index contributed by atoms with van der Waals surface area (Å²) in [4.78, 5) is 11.4. The largest absolute Gasteiger partial charge is 0.485 e. The third kappa shape index (κ3) is 2.45. The maximum Gasteiger partial charge on any atom is 0.301 e. The maximum absolute atomic E-state index is 11.4. The van der Waals surface area contributed by atoms with Gasteiger partial charge >= 0.3 is 5.91 Å². The highest BCUT2D eigenvalue weighted by molar-refractivity contribution is 5.92. The maximum atomic E-state index is 11.4. The standard InChI is InChI=1S/C12H16N4O3/c1-7-10(8(2)16(3)15-7)19-6-9-4-5-18-11(9)12(17)14-13/h4-5H,6,13H2,1-3H3,(H,14,17). The molecule has 0 aliphatic rings. The molecule has 19 heavy (non-hydrogen) atoms. The molecule has 0 aromatic carbocycles. The molecule has 0 saturated heterocycles. The van der Waals surface area contributed by atoms with Gasteiger partial charge < -0.3 is 9.15 Å². The minimum absolute atomic E-state index is 0.154. The summed E-state index contributed by atoms with van der Waals surface area (Å²) in [5.41, 5.74) is 4.38. The minimum atomic E-state index is -0.483. The Morgan fingerprint density at radius 3 is 2.89 bits per heavy atom. The molecule has 1 amide bonds. The van der Waals surface area contributed by atoms with Gasteiger partial charge in [0.2, 0.25) is 0 Å². The normalized spacial score (nSPS) is 10.5. The molecule has 2 rings (SSSR count). The molecule has 2 aromatic heterocycles. The third-order valence-electron chi connectivity index (χ3n) is 2.90. The lowest BCUT2D eigenvalue weighted by Crippen LogP contribution is -2.30. The van der Waals surface area contributed by atoms with Crippen LogP contribution in [0.15, 0.2) is 16.7 Å². The number of amides is 1. The number of nitrogen functional groups attached to an aromatic ring is 1. The van der Waals surface area contributed by atoms with Crippen molar-refractivity contribution in [2.75, 3.05) is 0 Å². The SMILES string of the molecule is Cc1nn(C)c(C)c1OCc1ccoc1C(=O)NN. The Balaban J connectivity index is 2.15. The lowest BCUT2D eigenvalue weighted by atomic mass is 10.2. The number of hydrogen-bond donors (Lipinski definition) is 2. The number of rotatable bonds is 4. The minimum Gasteiger partial charge on any atom is -0.485 e. The first kappa shape index (κ1) is 13.2. The number of nitrogens with zero attached hydrogens (tertiary/aromatic N) is 2. The van der Waals surface area contributed by atoms with E-state index in [0.29, 0.717) is 11.3 Å². The van der Waals surface area contributed by atoms with Crippen molar-refractivity contribution in [1.82, 2.24) is 15.2 Å². The van der Waals surface area contributed by atoms with Crippen LogP contribution >= 0.6 is 0 Å². The molecule has 0 spiro atoms. The molecule has 102 valence electrons. The van der Waals surface area contributed by atoms with Gasteiger partial charge in [0.25, 0.3) is 0 Å². The summed E-state index contributed by atoms with van der Waals surface area (Å²) in [5, 5.41) is 4.25. The van der Waals surface area contributed by atoms with Gasteiger partial charge in [-0.25, -0.2) is 5.84 Å². The van der Waals surface area contributed by atoms with Crippen molar-refractivity contribution in [3.05, 3.63) is 35.0 Å². The van der Waals surface area contributed by atoms with Crippen LogP contribution in [0.1, 0.15) is 27.5 Å². The highest BCUT2D eigenvalue weighted by atomic mass is 16.5. The van der Waals surface area contributed by atoms with Gasteiger partial charge in [0.1, 0.15) is 12.3 Å². The van der Waals surface area contributed by atoms with E-state index in [0.717, 1.165) is 11.4 Å². The fourth-order valence-corrected chi connectivity index (χ4v) is 1.83. The molecule has 3 N–H and O–H groups in total. The van der Waals surface area contributed by atoms with Crippen molar-refractivity contribution in [3.8, 4) is 5.75 Å². The van der Waals surface area contributed by atoms with E-state index < -0.39 is 5.91 Å². The summed E-state index contributed by atoms with van der Waals surface area (Å²) in [6, 6.07) is 1.67. The van der Waals surface area contributed by atoms with Crippen LogP contribution in [0, 0.1) is 13.8 Å². The van der Waals surface area contributed by atoms with E-state index in [1.165, 1.54) is 6.26 Å². The summed E-state index contributed by atoms with van der Waals surface area (Å²) in [5.74, 6) is 5.46. The van der Waals surface area contributed by atoms with Crippen molar-refractivity contribution < 1.29 is 13.9 Å². The number of hydrogen-bond acceptors (Lipinski definition) is 5. The number of nitrogens with one attached hydrogen (secondary N) is 1. The number of aromatic nitrogens is 2. The second-order valence-electron chi connectivity index (χ2n) is 4.16. The summed E-state index contributed by atoms with van der Waals surface area (Å²) < 4.78 is 12.5. The Kier molecular flexibility index (Phi) is 3.57. The highest BCUT2D eigenvalue weighted by Crippen LogP contribution is 2.23.